The molecule has 1 aliphatic heterocycles. The van der Waals surface area contributed by atoms with E-state index in [0.29, 0.717) is 29.5 Å². The number of fused-ring (bicyclic) bond motifs is 1. The van der Waals surface area contributed by atoms with Gasteiger partial charge in [-0.1, -0.05) is 18.2 Å². The largest absolute Gasteiger partial charge is 0.483 e. The smallest absolute Gasteiger partial charge is 0.290 e. The van der Waals surface area contributed by atoms with Gasteiger partial charge in [-0.2, -0.15) is 0 Å². The first-order valence-electron chi connectivity index (χ1n) is 8.29. The molecule has 1 aliphatic rings. The zero-order valence-corrected chi connectivity index (χ0v) is 14.6. The monoisotopic (exact) mass is 361 g/mol. The lowest BCUT2D eigenvalue weighted by molar-refractivity contribution is -0.122. The Hall–Kier alpha value is -2.71. The Bertz CT molecular complexity index is 805. The number of amides is 1. The lowest BCUT2D eigenvalue weighted by Crippen LogP contribution is -2.36. The highest BCUT2D eigenvalue weighted by atomic mass is 16.5. The summed E-state index contributed by atoms with van der Waals surface area (Å²) in [4.78, 5) is 37.5. The van der Waals surface area contributed by atoms with Crippen molar-refractivity contribution < 1.29 is 19.4 Å². The van der Waals surface area contributed by atoms with Crippen LogP contribution in [0.5, 0.6) is 0 Å². The van der Waals surface area contributed by atoms with Crippen molar-refractivity contribution in [2.24, 2.45) is 5.92 Å². The van der Waals surface area contributed by atoms with Crippen molar-refractivity contribution >= 4 is 23.2 Å². The van der Waals surface area contributed by atoms with Crippen molar-refractivity contribution in [3.8, 4) is 0 Å². The van der Waals surface area contributed by atoms with E-state index < -0.39 is 0 Å². The van der Waals surface area contributed by atoms with Crippen LogP contribution in [0, 0.1) is 5.92 Å². The molecule has 1 saturated heterocycles. The van der Waals surface area contributed by atoms with Crippen molar-refractivity contribution in [3.63, 3.8) is 0 Å². The molecule has 1 fully saturated rings. The molecule has 0 aliphatic carbocycles. The first-order valence-corrected chi connectivity index (χ1v) is 8.29. The van der Waals surface area contributed by atoms with Crippen LogP contribution >= 0.6 is 0 Å². The number of likely N-dealkylation sites (N-methyl/N-ethyl adjacent to an activating group) is 1. The van der Waals surface area contributed by atoms with Crippen molar-refractivity contribution in [2.75, 3.05) is 39.9 Å². The molecule has 0 radical (unpaired) electrons. The molecule has 1 unspecified atom stereocenters. The number of nitrogens with zero attached hydrogens (tertiary/aromatic N) is 1. The number of carbonyl (C=O) groups excluding carboxylic acids is 1. The summed E-state index contributed by atoms with van der Waals surface area (Å²) in [6.07, 6.45) is 1.48. The average molecular weight is 361 g/mol. The molecular formula is C18H23N3O5. The van der Waals surface area contributed by atoms with Gasteiger partial charge in [-0.3, -0.25) is 14.4 Å². The summed E-state index contributed by atoms with van der Waals surface area (Å²) < 4.78 is 5.56. The van der Waals surface area contributed by atoms with Gasteiger partial charge < -0.3 is 25.0 Å². The van der Waals surface area contributed by atoms with Crippen molar-refractivity contribution in [2.45, 2.75) is 0 Å². The Morgan fingerprint density at radius 1 is 1.42 bits per heavy atom. The standard InChI is InChI=1S/C17H21N3O3.CH2O2/c1-20-6-7-23-11-12(10-20)8-18-17(22)15-9-19-16(21)14-5-3-2-4-13(14)15;2-1-3/h2-5,9,12H,6-8,10-11H2,1H3,(H,18,22)(H,19,21);1H,(H,2,3). The van der Waals surface area contributed by atoms with E-state index in [9.17, 15) is 9.59 Å². The molecule has 8 heteroatoms. The number of carbonyl (C=O) groups is 2. The summed E-state index contributed by atoms with van der Waals surface area (Å²) in [6.45, 7) is 3.49. The number of nitrogens with one attached hydrogen (secondary N) is 2. The molecule has 0 spiro atoms. The molecule has 3 N–H and O–H groups in total. The number of H-pyrrole nitrogens is 1. The van der Waals surface area contributed by atoms with E-state index in [1.54, 1.807) is 18.2 Å². The van der Waals surface area contributed by atoms with Gasteiger partial charge in [0.2, 0.25) is 0 Å². The lowest BCUT2D eigenvalue weighted by Gasteiger charge is -2.19. The number of hydrogen-bond donors (Lipinski definition) is 3. The highest BCUT2D eigenvalue weighted by molar-refractivity contribution is 6.06. The molecule has 1 aromatic heterocycles. The summed E-state index contributed by atoms with van der Waals surface area (Å²) in [6, 6.07) is 7.13. The van der Waals surface area contributed by atoms with E-state index in [1.165, 1.54) is 6.20 Å². The Morgan fingerprint density at radius 2 is 2.12 bits per heavy atom. The summed E-state index contributed by atoms with van der Waals surface area (Å²) in [5.74, 6) is 0.0878. The van der Waals surface area contributed by atoms with Crippen LogP contribution in [0.4, 0.5) is 0 Å². The molecule has 26 heavy (non-hydrogen) atoms. The van der Waals surface area contributed by atoms with Crippen LogP contribution in [0.25, 0.3) is 10.8 Å². The number of hydrogen-bond acceptors (Lipinski definition) is 5. The van der Waals surface area contributed by atoms with Crippen LogP contribution in [-0.4, -0.2) is 67.3 Å². The van der Waals surface area contributed by atoms with Crippen molar-refractivity contribution in [3.05, 3.63) is 46.4 Å². The van der Waals surface area contributed by atoms with Gasteiger partial charge in [-0.15, -0.1) is 0 Å². The number of pyridine rings is 1. The van der Waals surface area contributed by atoms with Crippen molar-refractivity contribution in [1.29, 1.82) is 0 Å². The summed E-state index contributed by atoms with van der Waals surface area (Å²) >= 11 is 0. The molecule has 3 rings (SSSR count). The van der Waals surface area contributed by atoms with Crippen LogP contribution in [0.3, 0.4) is 0 Å². The van der Waals surface area contributed by atoms with Gasteiger partial charge in [0.25, 0.3) is 17.9 Å². The minimum absolute atomic E-state index is 0.177. The molecule has 1 atom stereocenters. The van der Waals surface area contributed by atoms with Gasteiger partial charge in [0.05, 0.1) is 18.8 Å². The van der Waals surface area contributed by atoms with Crippen LogP contribution in [0.1, 0.15) is 10.4 Å². The fraction of sp³-hybridized carbons (Fsp3) is 0.389. The zero-order valence-electron chi connectivity index (χ0n) is 14.6. The normalized spacial score (nSPS) is 17.7. The zero-order chi connectivity index (χ0) is 18.9. The van der Waals surface area contributed by atoms with E-state index in [0.717, 1.165) is 19.7 Å². The maximum atomic E-state index is 12.5. The number of rotatable bonds is 3. The number of benzene rings is 1. The number of aromatic nitrogens is 1. The highest BCUT2D eigenvalue weighted by Crippen LogP contribution is 2.14. The molecule has 1 amide bonds. The molecule has 2 aromatic rings. The molecule has 140 valence electrons. The maximum absolute atomic E-state index is 12.5. The molecule has 0 bridgehead atoms. The van der Waals surface area contributed by atoms with Gasteiger partial charge in [0.1, 0.15) is 0 Å². The quantitative estimate of drug-likeness (QED) is 0.688. The minimum Gasteiger partial charge on any atom is -0.483 e. The van der Waals surface area contributed by atoms with Crippen LogP contribution in [0.2, 0.25) is 0 Å². The van der Waals surface area contributed by atoms with E-state index in [2.05, 4.69) is 22.2 Å². The molecular weight excluding hydrogens is 338 g/mol. The van der Waals surface area contributed by atoms with E-state index >= 15 is 0 Å². The second-order valence-corrected chi connectivity index (χ2v) is 6.10. The van der Waals surface area contributed by atoms with Gasteiger partial charge in [0.15, 0.2) is 0 Å². The third-order valence-corrected chi connectivity index (χ3v) is 4.15. The van der Waals surface area contributed by atoms with Crippen molar-refractivity contribution in [1.82, 2.24) is 15.2 Å². The number of carboxylic acid groups (broad SMARTS) is 1. The fourth-order valence-corrected chi connectivity index (χ4v) is 2.91. The number of aromatic amines is 1. The predicted octanol–water partition coefficient (Wildman–Crippen LogP) is 0.537. The topological polar surface area (TPSA) is 112 Å². The van der Waals surface area contributed by atoms with Crippen LogP contribution in [0.15, 0.2) is 35.3 Å². The van der Waals surface area contributed by atoms with Gasteiger partial charge in [-0.05, 0) is 13.1 Å². The first kappa shape index (κ1) is 19.6. The average Bonchev–Trinajstić information content (AvgIpc) is 2.85. The first-order chi connectivity index (χ1) is 12.6. The lowest BCUT2D eigenvalue weighted by atomic mass is 10.1. The van der Waals surface area contributed by atoms with Crippen LogP contribution < -0.4 is 10.9 Å². The van der Waals surface area contributed by atoms with Gasteiger partial charge in [0, 0.05) is 42.5 Å². The Morgan fingerprint density at radius 3 is 2.85 bits per heavy atom. The predicted molar refractivity (Wildman–Crippen MR) is 97.4 cm³/mol. The highest BCUT2D eigenvalue weighted by Gasteiger charge is 2.18. The molecule has 1 aromatic carbocycles. The third-order valence-electron chi connectivity index (χ3n) is 4.15. The third kappa shape index (κ3) is 5.14. The Kier molecular flexibility index (Phi) is 7.31. The second-order valence-electron chi connectivity index (χ2n) is 6.10. The van der Waals surface area contributed by atoms with Gasteiger partial charge >= 0.3 is 0 Å². The number of ether oxygens (including phenoxy) is 1. The SMILES string of the molecule is CN1CCOCC(CNC(=O)c2c[nH]c(=O)c3ccccc23)C1.O=CO. The molecule has 0 saturated carbocycles. The summed E-state index contributed by atoms with van der Waals surface area (Å²) in [5.41, 5.74) is 0.305. The van der Waals surface area contributed by atoms with E-state index in [1.807, 2.05) is 6.07 Å². The Labute approximate surface area is 150 Å². The van der Waals surface area contributed by atoms with Gasteiger partial charge in [-0.25, -0.2) is 0 Å². The summed E-state index contributed by atoms with van der Waals surface area (Å²) in [5, 5.41) is 11.0. The maximum Gasteiger partial charge on any atom is 0.290 e. The van der Waals surface area contributed by atoms with Crippen LogP contribution in [-0.2, 0) is 9.53 Å². The summed E-state index contributed by atoms with van der Waals surface area (Å²) in [7, 11) is 2.05. The van der Waals surface area contributed by atoms with E-state index in [4.69, 9.17) is 14.6 Å². The minimum atomic E-state index is -0.250. The Balaban J connectivity index is 0.000000758. The molecule has 2 heterocycles. The fourth-order valence-electron chi connectivity index (χ4n) is 2.91. The van der Waals surface area contributed by atoms with E-state index in [-0.39, 0.29) is 23.9 Å². The second kappa shape index (κ2) is 9.69. The molecule has 8 nitrogen and oxygen atoms in total.